The molecule has 0 aliphatic rings. The summed E-state index contributed by atoms with van der Waals surface area (Å²) in [6.45, 7) is 13.2. The summed E-state index contributed by atoms with van der Waals surface area (Å²) in [6, 6.07) is 4.75. The number of ether oxygens (including phenoxy) is 2. The average Bonchev–Trinajstić information content (AvgIpc) is 2.93. The Labute approximate surface area is 163 Å². The highest BCUT2D eigenvalue weighted by molar-refractivity contribution is 6.76. The molecule has 1 aromatic heterocycles. The van der Waals surface area contributed by atoms with Crippen LogP contribution in [0.25, 0.3) is 10.9 Å². The number of hydrogen-bond acceptors (Lipinski definition) is 4. The molecule has 1 heterocycles. The van der Waals surface area contributed by atoms with Crippen molar-refractivity contribution in [1.82, 2.24) is 14.7 Å². The van der Waals surface area contributed by atoms with Crippen molar-refractivity contribution >= 4 is 19.0 Å². The highest BCUT2D eigenvalue weighted by atomic mass is 28.3. The van der Waals surface area contributed by atoms with E-state index < -0.39 is 8.07 Å². The first-order valence-electron chi connectivity index (χ1n) is 9.64. The van der Waals surface area contributed by atoms with E-state index in [2.05, 4.69) is 45.4 Å². The smallest absolute Gasteiger partial charge is 0.165 e. The molecule has 0 fully saturated rings. The summed E-state index contributed by atoms with van der Waals surface area (Å²) in [7, 11) is 2.46. The van der Waals surface area contributed by atoms with Gasteiger partial charge in [-0.15, -0.1) is 0 Å². The summed E-state index contributed by atoms with van der Waals surface area (Å²) in [5, 5.41) is 5.49. The minimum Gasteiger partial charge on any atom is -0.493 e. The topological polar surface area (TPSA) is 39.5 Å². The molecule has 27 heavy (non-hydrogen) atoms. The Morgan fingerprint density at radius 2 is 1.96 bits per heavy atom. The number of likely N-dealkylation sites (N-methyl/N-ethyl adjacent to an activating group) is 1. The number of hydrogen-bond donors (Lipinski definition) is 0. The van der Waals surface area contributed by atoms with Gasteiger partial charge in [-0.3, -0.25) is 0 Å². The molecule has 0 amide bonds. The average molecular weight is 396 g/mol. The first-order valence-corrected chi connectivity index (χ1v) is 13.3. The van der Waals surface area contributed by atoms with Gasteiger partial charge in [0.1, 0.15) is 6.73 Å². The summed E-state index contributed by atoms with van der Waals surface area (Å²) >= 11 is 0. The van der Waals surface area contributed by atoms with E-state index >= 15 is 0 Å². The fourth-order valence-corrected chi connectivity index (χ4v) is 3.59. The molecule has 0 unspecified atom stereocenters. The van der Waals surface area contributed by atoms with Crippen molar-refractivity contribution in [2.24, 2.45) is 0 Å². The van der Waals surface area contributed by atoms with Crippen LogP contribution in [0.3, 0.4) is 0 Å². The zero-order chi connectivity index (χ0) is 20.2. The Morgan fingerprint density at radius 3 is 2.56 bits per heavy atom. The van der Waals surface area contributed by atoms with Crippen molar-refractivity contribution in [2.75, 3.05) is 27.3 Å². The molecule has 0 spiro atoms. The second-order valence-corrected chi connectivity index (χ2v) is 14.2. The van der Waals surface area contributed by atoms with Gasteiger partial charge in [0.15, 0.2) is 11.6 Å². The third-order valence-corrected chi connectivity index (χ3v) is 6.60. The fraction of sp³-hybridized carbons (Fsp3) is 0.650. The van der Waals surface area contributed by atoms with Crippen LogP contribution in [0.4, 0.5) is 4.39 Å². The van der Waals surface area contributed by atoms with Gasteiger partial charge in [0, 0.05) is 33.7 Å². The van der Waals surface area contributed by atoms with E-state index in [1.54, 1.807) is 6.07 Å². The normalized spacial score (nSPS) is 12.5. The number of nitrogens with zero attached hydrogens (tertiary/aromatic N) is 3. The van der Waals surface area contributed by atoms with Crippen molar-refractivity contribution in [3.05, 3.63) is 23.6 Å². The zero-order valence-corrected chi connectivity index (χ0v) is 18.8. The monoisotopic (exact) mass is 395 g/mol. The minimum absolute atomic E-state index is 0.267. The van der Waals surface area contributed by atoms with Gasteiger partial charge in [-0.25, -0.2) is 9.07 Å². The number of aromatic nitrogens is 2. The maximum absolute atomic E-state index is 14.3. The third kappa shape index (κ3) is 5.76. The molecule has 0 aliphatic carbocycles. The van der Waals surface area contributed by atoms with E-state index in [4.69, 9.17) is 14.6 Å². The molecule has 7 heteroatoms. The number of halogens is 1. The summed E-state index contributed by atoms with van der Waals surface area (Å²) in [6.07, 6.45) is 0.729. The molecule has 0 aliphatic heterocycles. The van der Waals surface area contributed by atoms with Crippen LogP contribution in [-0.2, 0) is 17.9 Å². The van der Waals surface area contributed by atoms with Gasteiger partial charge in [0.25, 0.3) is 0 Å². The van der Waals surface area contributed by atoms with Gasteiger partial charge in [0.05, 0.1) is 23.7 Å². The van der Waals surface area contributed by atoms with E-state index in [1.807, 2.05) is 4.68 Å². The predicted octanol–water partition coefficient (Wildman–Crippen LogP) is 4.38. The SMILES string of the molecule is COc1c(F)ccc2c1c(CCN(C)C(C)C)nn2COCC[Si](C)(C)C. The highest BCUT2D eigenvalue weighted by Crippen LogP contribution is 2.32. The lowest BCUT2D eigenvalue weighted by Crippen LogP contribution is -2.28. The minimum atomic E-state index is -1.13. The number of methoxy groups -OCH3 is 1. The standard InChI is InChI=1S/C20H34FN3O2Si/c1-15(2)23(3)11-10-17-19-18(9-8-16(21)20(19)25-4)24(22-17)14-26-12-13-27(5,6)7/h8-9,15H,10-14H2,1-7H3. The predicted molar refractivity (Wildman–Crippen MR) is 112 cm³/mol. The molecule has 0 radical (unpaired) electrons. The van der Waals surface area contributed by atoms with Crippen LogP contribution < -0.4 is 4.74 Å². The molecule has 5 nitrogen and oxygen atoms in total. The molecule has 152 valence electrons. The van der Waals surface area contributed by atoms with Gasteiger partial charge < -0.3 is 14.4 Å². The van der Waals surface area contributed by atoms with Crippen molar-refractivity contribution in [3.63, 3.8) is 0 Å². The van der Waals surface area contributed by atoms with Crippen LogP contribution in [0.15, 0.2) is 12.1 Å². The third-order valence-electron chi connectivity index (χ3n) is 4.89. The molecule has 0 saturated carbocycles. The maximum atomic E-state index is 14.3. The molecule has 0 N–H and O–H groups in total. The Bertz CT molecular complexity index is 756. The van der Waals surface area contributed by atoms with Crippen molar-refractivity contribution in [1.29, 1.82) is 0 Å². The Morgan fingerprint density at radius 1 is 1.26 bits per heavy atom. The van der Waals surface area contributed by atoms with Crippen LogP contribution in [0.1, 0.15) is 19.5 Å². The number of benzene rings is 1. The van der Waals surface area contributed by atoms with E-state index in [0.717, 1.165) is 42.2 Å². The Balaban J connectivity index is 2.27. The van der Waals surface area contributed by atoms with E-state index in [1.165, 1.54) is 13.2 Å². The largest absolute Gasteiger partial charge is 0.493 e. The van der Waals surface area contributed by atoms with Gasteiger partial charge in [-0.1, -0.05) is 19.6 Å². The zero-order valence-electron chi connectivity index (χ0n) is 17.8. The quantitative estimate of drug-likeness (QED) is 0.442. The van der Waals surface area contributed by atoms with E-state index in [-0.39, 0.29) is 11.6 Å². The van der Waals surface area contributed by atoms with Crippen LogP contribution in [0, 0.1) is 5.82 Å². The molecular formula is C20H34FN3O2Si. The van der Waals surface area contributed by atoms with Crippen molar-refractivity contribution in [3.8, 4) is 5.75 Å². The van der Waals surface area contributed by atoms with Gasteiger partial charge in [-0.05, 0) is 39.1 Å². The molecule has 2 aromatic rings. The summed E-state index contributed by atoms with van der Waals surface area (Å²) < 4.78 is 27.3. The fourth-order valence-electron chi connectivity index (χ4n) is 2.83. The van der Waals surface area contributed by atoms with Crippen LogP contribution in [0.5, 0.6) is 5.75 Å². The molecule has 1 aromatic carbocycles. The first-order chi connectivity index (χ1) is 12.6. The second-order valence-electron chi connectivity index (χ2n) is 8.59. The summed E-state index contributed by atoms with van der Waals surface area (Å²) in [5.74, 6) is -0.0919. The Hall–Kier alpha value is -1.44. The maximum Gasteiger partial charge on any atom is 0.165 e. The Kier molecular flexibility index (Phi) is 7.42. The highest BCUT2D eigenvalue weighted by Gasteiger charge is 2.19. The number of fused-ring (bicyclic) bond motifs is 1. The lowest BCUT2D eigenvalue weighted by atomic mass is 10.1. The molecular weight excluding hydrogens is 361 g/mol. The molecule has 2 rings (SSSR count). The second kappa shape index (κ2) is 9.17. The number of rotatable bonds is 10. The first kappa shape index (κ1) is 21.9. The van der Waals surface area contributed by atoms with Crippen LogP contribution in [-0.4, -0.2) is 56.1 Å². The van der Waals surface area contributed by atoms with Gasteiger partial charge >= 0.3 is 0 Å². The molecule has 0 atom stereocenters. The summed E-state index contributed by atoms with van der Waals surface area (Å²) in [4.78, 5) is 2.25. The lowest BCUT2D eigenvalue weighted by Gasteiger charge is -2.20. The lowest BCUT2D eigenvalue weighted by molar-refractivity contribution is 0.0813. The van der Waals surface area contributed by atoms with E-state index in [9.17, 15) is 4.39 Å². The van der Waals surface area contributed by atoms with Crippen LogP contribution in [0.2, 0.25) is 25.7 Å². The van der Waals surface area contributed by atoms with Gasteiger partial charge in [-0.2, -0.15) is 5.10 Å². The van der Waals surface area contributed by atoms with Gasteiger partial charge in [0.2, 0.25) is 0 Å². The van der Waals surface area contributed by atoms with Crippen molar-refractivity contribution in [2.45, 2.75) is 58.7 Å². The van der Waals surface area contributed by atoms with E-state index in [0.29, 0.717) is 12.8 Å². The summed E-state index contributed by atoms with van der Waals surface area (Å²) in [5.41, 5.74) is 1.70. The van der Waals surface area contributed by atoms with Crippen LogP contribution >= 0.6 is 0 Å². The van der Waals surface area contributed by atoms with Crippen molar-refractivity contribution < 1.29 is 13.9 Å². The molecule has 0 bridgehead atoms. The molecule has 0 saturated heterocycles.